The number of aryl methyl sites for hydroxylation is 1. The van der Waals surface area contributed by atoms with E-state index in [-0.39, 0.29) is 6.03 Å². The Morgan fingerprint density at radius 3 is 2.88 bits per heavy atom. The first-order valence-electron chi connectivity index (χ1n) is 8.73. The maximum absolute atomic E-state index is 12.1. The number of nitrogens with zero attached hydrogens (tertiary/aromatic N) is 3. The van der Waals surface area contributed by atoms with Gasteiger partial charge in [-0.05, 0) is 18.4 Å². The van der Waals surface area contributed by atoms with Crippen LogP contribution in [0.1, 0.15) is 40.7 Å². The second kappa shape index (κ2) is 7.29. The maximum atomic E-state index is 12.1. The summed E-state index contributed by atoms with van der Waals surface area (Å²) in [7, 11) is 1.85. The number of rotatable bonds is 6. The predicted octanol–water partition coefficient (Wildman–Crippen LogP) is 3.67. The zero-order chi connectivity index (χ0) is 17.9. The largest absolute Gasteiger partial charge is 0.332 e. The smallest absolute Gasteiger partial charge is 0.320 e. The van der Waals surface area contributed by atoms with Crippen molar-refractivity contribution in [2.45, 2.75) is 31.7 Å². The molecule has 0 spiro atoms. The van der Waals surface area contributed by atoms with Crippen molar-refractivity contribution in [1.29, 1.82) is 0 Å². The van der Waals surface area contributed by atoms with Crippen LogP contribution in [-0.2, 0) is 20.0 Å². The standard InChI is InChI=1S/C19H21N5OS/c1-24-17(10-16(23-24)14-7-8-14)22-19(25)20-11-15-12-26-18(21-15)9-13-5-3-2-4-6-13/h2-6,10,12,14H,7-9,11H2,1H3,(H2,20,22,25). The molecule has 134 valence electrons. The minimum Gasteiger partial charge on any atom is -0.332 e. The summed E-state index contributed by atoms with van der Waals surface area (Å²) in [6, 6.07) is 12.0. The number of urea groups is 1. The van der Waals surface area contributed by atoms with Crippen molar-refractivity contribution < 1.29 is 4.79 Å². The summed E-state index contributed by atoms with van der Waals surface area (Å²) in [5.74, 6) is 1.28. The average Bonchev–Trinajstić information content (AvgIpc) is 3.30. The van der Waals surface area contributed by atoms with Crippen molar-refractivity contribution in [1.82, 2.24) is 20.1 Å². The van der Waals surface area contributed by atoms with E-state index >= 15 is 0 Å². The Morgan fingerprint density at radius 1 is 1.31 bits per heavy atom. The van der Waals surface area contributed by atoms with Gasteiger partial charge in [0.25, 0.3) is 0 Å². The average molecular weight is 367 g/mol. The number of aromatic nitrogens is 3. The highest BCUT2D eigenvalue weighted by molar-refractivity contribution is 7.09. The summed E-state index contributed by atoms with van der Waals surface area (Å²) < 4.78 is 1.72. The van der Waals surface area contributed by atoms with Crippen LogP contribution in [0, 0.1) is 0 Å². The van der Waals surface area contributed by atoms with E-state index in [1.54, 1.807) is 16.0 Å². The Morgan fingerprint density at radius 2 is 2.12 bits per heavy atom. The summed E-state index contributed by atoms with van der Waals surface area (Å²) in [4.78, 5) is 16.7. The summed E-state index contributed by atoms with van der Waals surface area (Å²) in [6.45, 7) is 0.407. The van der Waals surface area contributed by atoms with E-state index in [1.165, 1.54) is 18.4 Å². The molecule has 1 aliphatic rings. The number of carbonyl (C=O) groups is 1. The Kier molecular flexibility index (Phi) is 4.71. The van der Waals surface area contributed by atoms with Gasteiger partial charge < -0.3 is 5.32 Å². The fraction of sp³-hybridized carbons (Fsp3) is 0.316. The first-order chi connectivity index (χ1) is 12.7. The highest BCUT2D eigenvalue weighted by Gasteiger charge is 2.27. The van der Waals surface area contributed by atoms with Crippen LogP contribution >= 0.6 is 11.3 Å². The minimum absolute atomic E-state index is 0.243. The topological polar surface area (TPSA) is 71.8 Å². The van der Waals surface area contributed by atoms with Crippen LogP contribution in [0.5, 0.6) is 0 Å². The molecule has 0 saturated heterocycles. The molecule has 1 aliphatic carbocycles. The molecular weight excluding hydrogens is 346 g/mol. The van der Waals surface area contributed by atoms with Crippen LogP contribution in [0.25, 0.3) is 0 Å². The van der Waals surface area contributed by atoms with Gasteiger partial charge in [-0.15, -0.1) is 11.3 Å². The van der Waals surface area contributed by atoms with Gasteiger partial charge in [0, 0.05) is 30.8 Å². The molecule has 1 aromatic carbocycles. The maximum Gasteiger partial charge on any atom is 0.320 e. The lowest BCUT2D eigenvalue weighted by Gasteiger charge is -2.06. The Labute approximate surface area is 156 Å². The van der Waals surface area contributed by atoms with Crippen LogP contribution in [0.15, 0.2) is 41.8 Å². The fourth-order valence-corrected chi connectivity index (χ4v) is 3.63. The molecule has 2 heterocycles. The van der Waals surface area contributed by atoms with Gasteiger partial charge in [-0.1, -0.05) is 30.3 Å². The van der Waals surface area contributed by atoms with E-state index in [4.69, 9.17) is 0 Å². The van der Waals surface area contributed by atoms with Gasteiger partial charge in [0.2, 0.25) is 0 Å². The van der Waals surface area contributed by atoms with Crippen LogP contribution < -0.4 is 10.6 Å². The number of anilines is 1. The molecule has 1 fully saturated rings. The second-order valence-corrected chi connectivity index (χ2v) is 7.50. The highest BCUT2D eigenvalue weighted by Crippen LogP contribution is 2.39. The lowest BCUT2D eigenvalue weighted by molar-refractivity contribution is 0.251. The van der Waals surface area contributed by atoms with E-state index in [9.17, 15) is 4.79 Å². The number of hydrogen-bond donors (Lipinski definition) is 2. The highest BCUT2D eigenvalue weighted by atomic mass is 32.1. The minimum atomic E-state index is -0.243. The summed E-state index contributed by atoms with van der Waals surface area (Å²) in [6.07, 6.45) is 3.20. The van der Waals surface area contributed by atoms with Crippen LogP contribution in [0.3, 0.4) is 0 Å². The number of hydrogen-bond acceptors (Lipinski definition) is 4. The van der Waals surface area contributed by atoms with Crippen molar-refractivity contribution in [2.75, 3.05) is 5.32 Å². The summed E-state index contributed by atoms with van der Waals surface area (Å²) in [5.41, 5.74) is 3.18. The molecule has 1 saturated carbocycles. The molecule has 0 bridgehead atoms. The van der Waals surface area contributed by atoms with Gasteiger partial charge in [-0.3, -0.25) is 10.00 Å². The lowest BCUT2D eigenvalue weighted by atomic mass is 10.2. The SMILES string of the molecule is Cn1nc(C2CC2)cc1NC(=O)NCc1csc(Cc2ccccc2)n1. The van der Waals surface area contributed by atoms with Gasteiger partial charge in [0.05, 0.1) is 22.9 Å². The van der Waals surface area contributed by atoms with Crippen molar-refractivity contribution in [2.24, 2.45) is 7.05 Å². The normalized spacial score (nSPS) is 13.6. The predicted molar refractivity (Wildman–Crippen MR) is 102 cm³/mol. The molecule has 2 N–H and O–H groups in total. The van der Waals surface area contributed by atoms with Crippen LogP contribution in [-0.4, -0.2) is 20.8 Å². The Bertz CT molecular complexity index is 898. The van der Waals surface area contributed by atoms with Gasteiger partial charge >= 0.3 is 6.03 Å². The number of amides is 2. The van der Waals surface area contributed by atoms with E-state index < -0.39 is 0 Å². The number of thiazole rings is 1. The third-order valence-corrected chi connectivity index (χ3v) is 5.26. The molecule has 2 amide bonds. The van der Waals surface area contributed by atoms with Gasteiger partial charge in [0.1, 0.15) is 5.82 Å². The number of carbonyl (C=O) groups excluding carboxylic acids is 1. The van der Waals surface area contributed by atoms with Crippen LogP contribution in [0.4, 0.5) is 10.6 Å². The zero-order valence-electron chi connectivity index (χ0n) is 14.6. The molecule has 0 radical (unpaired) electrons. The van der Waals surface area contributed by atoms with E-state index in [1.807, 2.05) is 36.7 Å². The second-order valence-electron chi connectivity index (χ2n) is 6.55. The third-order valence-electron chi connectivity index (χ3n) is 4.36. The number of benzene rings is 1. The van der Waals surface area contributed by atoms with E-state index in [2.05, 4.69) is 32.8 Å². The molecule has 4 rings (SSSR count). The first-order valence-corrected chi connectivity index (χ1v) is 9.61. The molecular formula is C19H21N5OS. The molecule has 6 nitrogen and oxygen atoms in total. The molecule has 0 atom stereocenters. The van der Waals surface area contributed by atoms with Gasteiger partial charge in [-0.25, -0.2) is 9.78 Å². The van der Waals surface area contributed by atoms with Gasteiger partial charge in [-0.2, -0.15) is 5.10 Å². The summed E-state index contributed by atoms with van der Waals surface area (Å²) >= 11 is 1.62. The Balaban J connectivity index is 1.29. The number of nitrogens with one attached hydrogen (secondary N) is 2. The molecule has 7 heteroatoms. The summed E-state index contributed by atoms with van der Waals surface area (Å²) in [5, 5.41) is 13.2. The molecule has 0 unspecified atom stereocenters. The van der Waals surface area contributed by atoms with Crippen molar-refractivity contribution >= 4 is 23.2 Å². The Hall–Kier alpha value is -2.67. The molecule has 26 heavy (non-hydrogen) atoms. The van der Waals surface area contributed by atoms with Gasteiger partial charge in [0.15, 0.2) is 0 Å². The zero-order valence-corrected chi connectivity index (χ0v) is 15.4. The molecule has 2 aromatic heterocycles. The third kappa shape index (κ3) is 4.11. The van der Waals surface area contributed by atoms with Crippen molar-refractivity contribution in [3.05, 3.63) is 63.7 Å². The fourth-order valence-electron chi connectivity index (χ4n) is 2.80. The first kappa shape index (κ1) is 16.8. The van der Waals surface area contributed by atoms with Crippen LogP contribution in [0.2, 0.25) is 0 Å². The van der Waals surface area contributed by atoms with E-state index in [0.29, 0.717) is 18.3 Å². The quantitative estimate of drug-likeness (QED) is 0.698. The lowest BCUT2D eigenvalue weighted by Crippen LogP contribution is -2.29. The molecule has 0 aliphatic heterocycles. The van der Waals surface area contributed by atoms with E-state index in [0.717, 1.165) is 22.8 Å². The van der Waals surface area contributed by atoms with Crippen molar-refractivity contribution in [3.63, 3.8) is 0 Å². The molecule has 3 aromatic rings. The monoisotopic (exact) mass is 367 g/mol. The van der Waals surface area contributed by atoms with Crippen molar-refractivity contribution in [3.8, 4) is 0 Å².